The average Bonchev–Trinajstić information content (AvgIpc) is 2.13. The van der Waals surface area contributed by atoms with E-state index in [1.54, 1.807) is 0 Å². The summed E-state index contributed by atoms with van der Waals surface area (Å²) in [5.74, 6) is -1.64. The van der Waals surface area contributed by atoms with Crippen molar-refractivity contribution in [3.63, 3.8) is 0 Å². The number of benzene rings is 1. The van der Waals surface area contributed by atoms with Crippen LogP contribution in [-0.4, -0.2) is 18.4 Å². The van der Waals surface area contributed by atoms with Crippen LogP contribution in [0.1, 0.15) is 0 Å². The number of nitro benzene ring substituents is 1. The first-order valence-corrected chi connectivity index (χ1v) is 4.07. The number of nitro groups is 1. The van der Waals surface area contributed by atoms with Crippen molar-refractivity contribution in [2.45, 2.75) is 0 Å². The first-order chi connectivity index (χ1) is 7.29. The molecular weight excluding hydrogens is 272 g/mol. The van der Waals surface area contributed by atoms with Crippen LogP contribution >= 0.6 is 0 Å². The molecule has 0 atom stereocenters. The van der Waals surface area contributed by atoms with E-state index in [4.69, 9.17) is 0 Å². The predicted octanol–water partition coefficient (Wildman–Crippen LogP) is -0.497. The van der Waals surface area contributed by atoms with Gasteiger partial charge in [0.1, 0.15) is 5.82 Å². The zero-order chi connectivity index (χ0) is 12.3. The van der Waals surface area contributed by atoms with E-state index in [-0.39, 0.29) is 51.4 Å². The van der Waals surface area contributed by atoms with Gasteiger partial charge in [-0.3, -0.25) is 10.1 Å². The minimum absolute atomic E-state index is 0. The van der Waals surface area contributed by atoms with Crippen molar-refractivity contribution in [1.82, 2.24) is 0 Å². The molecule has 0 heterocycles. The zero-order valence-corrected chi connectivity index (χ0v) is 11.8. The van der Waals surface area contributed by atoms with E-state index >= 15 is 0 Å². The van der Waals surface area contributed by atoms with E-state index in [0.717, 1.165) is 12.1 Å². The molecule has 1 aromatic carbocycles. The predicted molar refractivity (Wildman–Crippen MR) is 47.6 cm³/mol. The van der Waals surface area contributed by atoms with Crippen molar-refractivity contribution in [2.75, 3.05) is 6.51 Å². The van der Waals surface area contributed by atoms with Gasteiger partial charge in [-0.15, -0.1) is 0 Å². The molecule has 0 saturated carbocycles. The van der Waals surface area contributed by atoms with Gasteiger partial charge in [-0.1, -0.05) is 0 Å². The third-order valence-corrected chi connectivity index (χ3v) is 1.55. The fraction of sp³-hybridized carbons (Fsp3) is 0.143. The summed E-state index contributed by atoms with van der Waals surface area (Å²) < 4.78 is 52.4. The van der Waals surface area contributed by atoms with Crippen LogP contribution in [0.25, 0.3) is 0 Å². The normalized spacial score (nSPS) is 10.6. The van der Waals surface area contributed by atoms with Crippen molar-refractivity contribution >= 4 is 12.7 Å². The summed E-state index contributed by atoms with van der Waals surface area (Å²) in [5, 5.41) is 10.4. The van der Waals surface area contributed by atoms with Gasteiger partial charge in [0.15, 0.2) is 5.75 Å². The minimum atomic E-state index is -5.24. The van der Waals surface area contributed by atoms with Gasteiger partial charge >= 0.3 is 64.0 Å². The summed E-state index contributed by atoms with van der Waals surface area (Å²) in [6, 6.07) is 2.05. The molecule has 0 amide bonds. The first kappa shape index (κ1) is 16.8. The largest absolute Gasteiger partial charge is 1.00 e. The number of ether oxygens (including phenoxy) is 1. The fourth-order valence-corrected chi connectivity index (χ4v) is 0.939. The van der Waals surface area contributed by atoms with Crippen LogP contribution in [0.3, 0.4) is 0 Å². The molecule has 17 heavy (non-hydrogen) atoms. The van der Waals surface area contributed by atoms with Crippen LogP contribution in [0.15, 0.2) is 18.2 Å². The van der Waals surface area contributed by atoms with Crippen molar-refractivity contribution in [2.24, 2.45) is 0 Å². The van der Waals surface area contributed by atoms with E-state index in [2.05, 4.69) is 4.74 Å². The molecule has 1 rings (SSSR count). The van der Waals surface area contributed by atoms with Crippen LogP contribution in [0.4, 0.5) is 23.0 Å². The quantitative estimate of drug-likeness (QED) is 0.323. The number of halogens is 4. The summed E-state index contributed by atoms with van der Waals surface area (Å²) in [6.07, 6.45) is 0. The van der Waals surface area contributed by atoms with Gasteiger partial charge in [0.05, 0.1) is 11.4 Å². The molecule has 0 bridgehead atoms. The zero-order valence-electron chi connectivity index (χ0n) is 8.70. The summed E-state index contributed by atoms with van der Waals surface area (Å²) in [6.45, 7) is -6.89. The van der Waals surface area contributed by atoms with Gasteiger partial charge in [0.2, 0.25) is 0 Å². The molecule has 88 valence electrons. The first-order valence-electron chi connectivity index (χ1n) is 4.07. The Hall–Kier alpha value is -0.159. The van der Waals surface area contributed by atoms with Gasteiger partial charge in [-0.2, -0.15) is 0 Å². The van der Waals surface area contributed by atoms with E-state index in [9.17, 15) is 27.5 Å². The SMILES string of the molecule is O=[N+]([O-])c1ccc(F)cc1OC[B-](F)(F)F.[K+]. The molecule has 4 nitrogen and oxygen atoms in total. The molecular formula is C7H5BF4KNO3. The third-order valence-electron chi connectivity index (χ3n) is 1.55. The Balaban J connectivity index is 0.00000256. The summed E-state index contributed by atoms with van der Waals surface area (Å²) in [7, 11) is 0. The molecule has 0 N–H and O–H groups in total. The molecule has 0 aliphatic carbocycles. The standard InChI is InChI=1S/C7H5BF4NO3.K/c9-5-1-2-6(13(14)15)7(3-5)16-4-8(10,11)12;/h1-3H,4H2;/q-1;+1. The monoisotopic (exact) mass is 277 g/mol. The van der Waals surface area contributed by atoms with E-state index < -0.39 is 35.7 Å². The second-order valence-electron chi connectivity index (χ2n) is 2.89. The molecule has 0 fully saturated rings. The maximum Gasteiger partial charge on any atom is 1.00 e. The maximum absolute atomic E-state index is 12.7. The molecule has 0 unspecified atom stereocenters. The molecule has 0 aliphatic heterocycles. The molecule has 0 aliphatic rings. The Morgan fingerprint density at radius 1 is 1.35 bits per heavy atom. The Labute approximate surface area is 136 Å². The van der Waals surface area contributed by atoms with Gasteiger partial charge in [-0.05, 0) is 6.07 Å². The maximum atomic E-state index is 12.7. The van der Waals surface area contributed by atoms with Gasteiger partial charge in [0, 0.05) is 12.1 Å². The van der Waals surface area contributed by atoms with E-state index in [0.29, 0.717) is 6.07 Å². The summed E-state index contributed by atoms with van der Waals surface area (Å²) >= 11 is 0. The van der Waals surface area contributed by atoms with Crippen molar-refractivity contribution in [1.29, 1.82) is 0 Å². The molecule has 0 radical (unpaired) electrons. The van der Waals surface area contributed by atoms with Crippen LogP contribution in [0.2, 0.25) is 0 Å². The molecule has 0 spiro atoms. The van der Waals surface area contributed by atoms with Crippen LogP contribution in [0.5, 0.6) is 5.75 Å². The van der Waals surface area contributed by atoms with Crippen LogP contribution < -0.4 is 56.1 Å². The van der Waals surface area contributed by atoms with Gasteiger partial charge in [0.25, 0.3) is 0 Å². The fourth-order valence-electron chi connectivity index (χ4n) is 0.939. The topological polar surface area (TPSA) is 52.4 Å². The molecule has 1 aromatic rings. The van der Waals surface area contributed by atoms with Crippen molar-refractivity contribution in [3.8, 4) is 5.75 Å². The Bertz CT molecular complexity index is 415. The third kappa shape index (κ3) is 5.82. The van der Waals surface area contributed by atoms with Gasteiger partial charge < -0.3 is 17.7 Å². The van der Waals surface area contributed by atoms with Crippen molar-refractivity contribution in [3.05, 3.63) is 34.1 Å². The number of hydrogen-bond donors (Lipinski definition) is 0. The Morgan fingerprint density at radius 2 is 1.94 bits per heavy atom. The minimum Gasteiger partial charge on any atom is -0.517 e. The molecule has 10 heteroatoms. The van der Waals surface area contributed by atoms with E-state index in [1.165, 1.54) is 0 Å². The second-order valence-corrected chi connectivity index (χ2v) is 2.89. The van der Waals surface area contributed by atoms with Crippen LogP contribution in [0, 0.1) is 15.9 Å². The number of nitrogens with zero attached hydrogens (tertiary/aromatic N) is 1. The van der Waals surface area contributed by atoms with E-state index in [1.807, 2.05) is 0 Å². The summed E-state index contributed by atoms with van der Waals surface area (Å²) in [5.41, 5.74) is -0.707. The van der Waals surface area contributed by atoms with Gasteiger partial charge in [-0.25, -0.2) is 4.39 Å². The number of hydrogen-bond acceptors (Lipinski definition) is 3. The smallest absolute Gasteiger partial charge is 0.517 e. The summed E-state index contributed by atoms with van der Waals surface area (Å²) in [4.78, 5) is 9.44. The van der Waals surface area contributed by atoms with Crippen LogP contribution in [-0.2, 0) is 0 Å². The molecule has 0 aromatic heterocycles. The average molecular weight is 277 g/mol. The van der Waals surface area contributed by atoms with Crippen molar-refractivity contribution < 1.29 is 78.4 Å². The molecule has 0 saturated heterocycles. The second kappa shape index (κ2) is 6.69. The number of rotatable bonds is 4. The Kier molecular flexibility index (Phi) is 6.63. The Morgan fingerprint density at radius 3 is 2.41 bits per heavy atom.